The summed E-state index contributed by atoms with van der Waals surface area (Å²) in [4.78, 5) is 25.5. The molecule has 8 nitrogen and oxygen atoms in total. The van der Waals surface area contributed by atoms with E-state index in [1.54, 1.807) is 16.8 Å². The summed E-state index contributed by atoms with van der Waals surface area (Å²) in [6.07, 6.45) is 4.35. The van der Waals surface area contributed by atoms with Crippen LogP contribution in [0.15, 0.2) is 59.7 Å². The lowest BCUT2D eigenvalue weighted by atomic mass is 10.0. The van der Waals surface area contributed by atoms with Gasteiger partial charge in [0.1, 0.15) is 11.6 Å². The van der Waals surface area contributed by atoms with Gasteiger partial charge in [-0.15, -0.1) is 10.2 Å². The second-order valence-electron chi connectivity index (χ2n) is 8.57. The van der Waals surface area contributed by atoms with Gasteiger partial charge in [0, 0.05) is 36.6 Å². The second-order valence-corrected chi connectivity index (χ2v) is 8.57. The summed E-state index contributed by atoms with van der Waals surface area (Å²) >= 11 is 0. The number of nitrogens with zero attached hydrogens (tertiary/aromatic N) is 4. The average molecular weight is 460 g/mol. The second kappa shape index (κ2) is 9.91. The number of rotatable bonds is 8. The molecule has 0 radical (unpaired) electrons. The van der Waals surface area contributed by atoms with Gasteiger partial charge in [0.15, 0.2) is 0 Å². The molecule has 176 valence electrons. The highest BCUT2D eigenvalue weighted by Crippen LogP contribution is 2.17. The summed E-state index contributed by atoms with van der Waals surface area (Å²) in [6, 6.07) is 13.2. The average Bonchev–Trinajstić information content (AvgIpc) is 3.21. The Morgan fingerprint density at radius 2 is 1.82 bits per heavy atom. The molecule has 1 amide bonds. The lowest BCUT2D eigenvalue weighted by Crippen LogP contribution is -2.21. The third kappa shape index (κ3) is 5.01. The fourth-order valence-electron chi connectivity index (χ4n) is 3.88. The van der Waals surface area contributed by atoms with Crippen LogP contribution in [-0.2, 0) is 11.2 Å². The highest BCUT2D eigenvalue weighted by atomic mass is 16.5. The SMILES string of the molecule is CCOc1ccc(-n2ccn3c(CC(C)CC(=O)Nc4ccc(C)c(C)c4)nnc3c2=O)cc1. The topological polar surface area (TPSA) is 90.5 Å². The van der Waals surface area contributed by atoms with Crippen LogP contribution in [0.4, 0.5) is 5.69 Å². The first-order chi connectivity index (χ1) is 16.4. The Morgan fingerprint density at radius 1 is 1.06 bits per heavy atom. The highest BCUT2D eigenvalue weighted by Gasteiger charge is 2.16. The molecule has 4 rings (SSSR count). The number of hydrogen-bond donors (Lipinski definition) is 1. The van der Waals surface area contributed by atoms with Crippen molar-refractivity contribution >= 4 is 17.2 Å². The molecule has 34 heavy (non-hydrogen) atoms. The number of fused-ring (bicyclic) bond motifs is 1. The summed E-state index contributed by atoms with van der Waals surface area (Å²) in [5.41, 5.74) is 3.83. The van der Waals surface area contributed by atoms with Crippen LogP contribution in [0.5, 0.6) is 5.75 Å². The van der Waals surface area contributed by atoms with Crippen molar-refractivity contribution in [3.63, 3.8) is 0 Å². The minimum absolute atomic E-state index is 0.0208. The molecule has 8 heteroatoms. The van der Waals surface area contributed by atoms with E-state index < -0.39 is 0 Å². The smallest absolute Gasteiger partial charge is 0.300 e. The normalized spacial score (nSPS) is 12.0. The Bertz CT molecular complexity index is 1370. The molecular weight excluding hydrogens is 430 g/mol. The lowest BCUT2D eigenvalue weighted by Gasteiger charge is -2.12. The molecule has 2 aromatic carbocycles. The van der Waals surface area contributed by atoms with Gasteiger partial charge in [-0.25, -0.2) is 0 Å². The number of aromatic nitrogens is 4. The number of ether oxygens (including phenoxy) is 1. The van der Waals surface area contributed by atoms with E-state index in [4.69, 9.17) is 4.74 Å². The fraction of sp³-hybridized carbons (Fsp3) is 0.308. The molecule has 1 unspecified atom stereocenters. The zero-order chi connectivity index (χ0) is 24.2. The Hall–Kier alpha value is -3.94. The van der Waals surface area contributed by atoms with E-state index in [2.05, 4.69) is 15.5 Å². The molecule has 2 heterocycles. The quantitative estimate of drug-likeness (QED) is 0.428. The maximum Gasteiger partial charge on any atom is 0.300 e. The van der Waals surface area contributed by atoms with Crippen molar-refractivity contribution in [1.82, 2.24) is 19.2 Å². The Morgan fingerprint density at radius 3 is 2.53 bits per heavy atom. The molecule has 0 spiro atoms. The first kappa shape index (κ1) is 23.2. The molecule has 1 atom stereocenters. The molecule has 0 saturated heterocycles. The van der Waals surface area contributed by atoms with Crippen LogP contribution < -0.4 is 15.6 Å². The lowest BCUT2D eigenvalue weighted by molar-refractivity contribution is -0.116. The fourth-order valence-corrected chi connectivity index (χ4v) is 3.88. The van der Waals surface area contributed by atoms with E-state index in [1.165, 1.54) is 10.1 Å². The molecule has 1 N–H and O–H groups in total. The maximum atomic E-state index is 13.0. The van der Waals surface area contributed by atoms with Gasteiger partial charge >= 0.3 is 5.56 Å². The molecule has 0 fully saturated rings. The van der Waals surface area contributed by atoms with E-state index in [0.29, 0.717) is 25.3 Å². The summed E-state index contributed by atoms with van der Waals surface area (Å²) in [6.45, 7) is 8.56. The van der Waals surface area contributed by atoms with Crippen LogP contribution in [0.25, 0.3) is 11.3 Å². The zero-order valence-corrected chi connectivity index (χ0v) is 19.9. The summed E-state index contributed by atoms with van der Waals surface area (Å²) in [7, 11) is 0. The monoisotopic (exact) mass is 459 g/mol. The molecule has 4 aromatic rings. The Kier molecular flexibility index (Phi) is 6.77. The number of hydrogen-bond acceptors (Lipinski definition) is 5. The standard InChI is InChI=1S/C26H29N5O3/c1-5-34-22-10-8-21(9-11-22)30-12-13-31-23(28-29-25(31)26(30)33)14-17(2)15-24(32)27-20-7-6-18(3)19(4)16-20/h6-13,16-17H,5,14-15H2,1-4H3,(H,27,32). The van der Waals surface area contributed by atoms with Gasteiger partial charge in [-0.3, -0.25) is 18.6 Å². The third-order valence-corrected chi connectivity index (χ3v) is 5.82. The van der Waals surface area contributed by atoms with Gasteiger partial charge in [0.2, 0.25) is 11.6 Å². The van der Waals surface area contributed by atoms with Crippen LogP contribution in [-0.4, -0.2) is 31.7 Å². The van der Waals surface area contributed by atoms with E-state index in [-0.39, 0.29) is 23.0 Å². The van der Waals surface area contributed by atoms with Gasteiger partial charge in [-0.05, 0) is 74.2 Å². The molecule has 0 aliphatic carbocycles. The number of carbonyl (C=O) groups is 1. The number of benzene rings is 2. The van der Waals surface area contributed by atoms with Crippen molar-refractivity contribution in [2.45, 2.75) is 40.5 Å². The van der Waals surface area contributed by atoms with Crippen LogP contribution in [0.3, 0.4) is 0 Å². The molecule has 2 aromatic heterocycles. The van der Waals surface area contributed by atoms with Gasteiger partial charge in [0.05, 0.1) is 6.61 Å². The predicted octanol–water partition coefficient (Wildman–Crippen LogP) is 4.10. The van der Waals surface area contributed by atoms with E-state index in [1.807, 2.05) is 70.2 Å². The van der Waals surface area contributed by atoms with Crippen molar-refractivity contribution in [1.29, 1.82) is 0 Å². The number of amides is 1. The van der Waals surface area contributed by atoms with E-state index in [9.17, 15) is 9.59 Å². The molecule has 0 bridgehead atoms. The van der Waals surface area contributed by atoms with Crippen LogP contribution in [0.2, 0.25) is 0 Å². The van der Waals surface area contributed by atoms with Gasteiger partial charge in [0.25, 0.3) is 0 Å². The molecule has 0 aliphatic heterocycles. The predicted molar refractivity (Wildman–Crippen MR) is 132 cm³/mol. The van der Waals surface area contributed by atoms with Gasteiger partial charge in [-0.2, -0.15) is 0 Å². The Labute approximate surface area is 198 Å². The Balaban J connectivity index is 1.46. The minimum atomic E-state index is -0.259. The van der Waals surface area contributed by atoms with Gasteiger partial charge < -0.3 is 10.1 Å². The van der Waals surface area contributed by atoms with Crippen LogP contribution in [0, 0.1) is 19.8 Å². The number of nitrogens with one attached hydrogen (secondary N) is 1. The van der Waals surface area contributed by atoms with Crippen molar-refractivity contribution in [2.24, 2.45) is 5.92 Å². The minimum Gasteiger partial charge on any atom is -0.494 e. The van der Waals surface area contributed by atoms with Crippen molar-refractivity contribution in [2.75, 3.05) is 11.9 Å². The summed E-state index contributed by atoms with van der Waals surface area (Å²) < 4.78 is 8.70. The van der Waals surface area contributed by atoms with Crippen LogP contribution >= 0.6 is 0 Å². The maximum absolute atomic E-state index is 13.0. The largest absolute Gasteiger partial charge is 0.494 e. The molecular formula is C26H29N5O3. The van der Waals surface area contributed by atoms with Crippen LogP contribution in [0.1, 0.15) is 37.2 Å². The van der Waals surface area contributed by atoms with Gasteiger partial charge in [-0.1, -0.05) is 13.0 Å². The van der Waals surface area contributed by atoms with E-state index >= 15 is 0 Å². The van der Waals surface area contributed by atoms with Crippen molar-refractivity contribution < 1.29 is 9.53 Å². The first-order valence-electron chi connectivity index (χ1n) is 11.4. The first-order valence-corrected chi connectivity index (χ1v) is 11.4. The van der Waals surface area contributed by atoms with Crippen molar-refractivity contribution in [3.8, 4) is 11.4 Å². The van der Waals surface area contributed by atoms with Crippen molar-refractivity contribution in [3.05, 3.63) is 82.2 Å². The van der Waals surface area contributed by atoms with E-state index in [0.717, 1.165) is 22.7 Å². The number of carbonyl (C=O) groups excluding carboxylic acids is 1. The summed E-state index contributed by atoms with van der Waals surface area (Å²) in [5, 5.41) is 11.3. The number of anilines is 1. The molecule has 0 saturated carbocycles. The number of aryl methyl sites for hydroxylation is 2. The summed E-state index contributed by atoms with van der Waals surface area (Å²) in [5.74, 6) is 1.37. The third-order valence-electron chi connectivity index (χ3n) is 5.82. The molecule has 0 aliphatic rings. The zero-order valence-electron chi connectivity index (χ0n) is 19.9. The highest BCUT2D eigenvalue weighted by molar-refractivity contribution is 5.91.